The maximum Gasteiger partial charge on any atom is 0.227 e. The molecule has 4 nitrogen and oxygen atoms in total. The molecule has 17 heavy (non-hydrogen) atoms. The number of amides is 1. The van der Waals surface area contributed by atoms with E-state index in [4.69, 9.17) is 4.74 Å². The van der Waals surface area contributed by atoms with Gasteiger partial charge in [0.15, 0.2) is 0 Å². The van der Waals surface area contributed by atoms with Crippen LogP contribution in [0.2, 0.25) is 0 Å². The van der Waals surface area contributed by atoms with Gasteiger partial charge in [0, 0.05) is 26.8 Å². The first kappa shape index (κ1) is 14.5. The van der Waals surface area contributed by atoms with E-state index < -0.39 is 0 Å². The lowest BCUT2D eigenvalue weighted by Gasteiger charge is -2.36. The zero-order valence-corrected chi connectivity index (χ0v) is 11.2. The van der Waals surface area contributed by atoms with Crippen molar-refractivity contribution in [2.75, 3.05) is 33.4 Å². The summed E-state index contributed by atoms with van der Waals surface area (Å²) in [6, 6.07) is 0. The summed E-state index contributed by atoms with van der Waals surface area (Å²) >= 11 is 0. The smallest absolute Gasteiger partial charge is 0.227 e. The summed E-state index contributed by atoms with van der Waals surface area (Å²) in [6.45, 7) is 5.45. The molecular formula is C13H26N2O2. The van der Waals surface area contributed by atoms with Gasteiger partial charge in [-0.1, -0.05) is 13.3 Å². The molecule has 1 unspecified atom stereocenters. The number of carbonyl (C=O) groups is 1. The van der Waals surface area contributed by atoms with Crippen LogP contribution in [0.5, 0.6) is 0 Å². The van der Waals surface area contributed by atoms with Crippen molar-refractivity contribution in [2.45, 2.75) is 39.0 Å². The number of ether oxygens (including phenoxy) is 1. The molecule has 1 saturated heterocycles. The van der Waals surface area contributed by atoms with Crippen LogP contribution in [-0.2, 0) is 9.53 Å². The summed E-state index contributed by atoms with van der Waals surface area (Å²) in [5, 5.41) is 6.41. The Morgan fingerprint density at radius 1 is 1.53 bits per heavy atom. The first-order valence-corrected chi connectivity index (χ1v) is 6.73. The molecule has 1 atom stereocenters. The van der Waals surface area contributed by atoms with Crippen LogP contribution in [0.4, 0.5) is 0 Å². The molecule has 0 spiro atoms. The highest BCUT2D eigenvalue weighted by Crippen LogP contribution is 2.31. The van der Waals surface area contributed by atoms with Gasteiger partial charge >= 0.3 is 0 Å². The molecule has 0 aromatic rings. The number of hydrogen-bond donors (Lipinski definition) is 2. The van der Waals surface area contributed by atoms with Crippen LogP contribution < -0.4 is 10.6 Å². The summed E-state index contributed by atoms with van der Waals surface area (Å²) < 4.78 is 4.98. The quantitative estimate of drug-likeness (QED) is 0.662. The molecule has 0 radical (unpaired) electrons. The zero-order chi connectivity index (χ0) is 12.6. The lowest BCUT2D eigenvalue weighted by atomic mass is 9.76. The number of hydrogen-bond acceptors (Lipinski definition) is 3. The molecule has 1 rings (SSSR count). The van der Waals surface area contributed by atoms with Gasteiger partial charge in [-0.3, -0.25) is 4.79 Å². The van der Waals surface area contributed by atoms with Gasteiger partial charge in [0.25, 0.3) is 0 Å². The van der Waals surface area contributed by atoms with E-state index in [-0.39, 0.29) is 11.3 Å². The Balaban J connectivity index is 2.42. The number of piperidine rings is 1. The summed E-state index contributed by atoms with van der Waals surface area (Å²) in [7, 11) is 1.69. The van der Waals surface area contributed by atoms with Crippen molar-refractivity contribution in [3.63, 3.8) is 0 Å². The van der Waals surface area contributed by atoms with Gasteiger partial charge in [-0.2, -0.15) is 0 Å². The molecule has 0 saturated carbocycles. The second-order valence-electron chi connectivity index (χ2n) is 4.91. The van der Waals surface area contributed by atoms with E-state index in [1.165, 1.54) is 0 Å². The van der Waals surface area contributed by atoms with E-state index in [9.17, 15) is 4.79 Å². The van der Waals surface area contributed by atoms with Crippen LogP contribution >= 0.6 is 0 Å². The van der Waals surface area contributed by atoms with E-state index in [0.717, 1.165) is 51.7 Å². The molecule has 4 heteroatoms. The average molecular weight is 242 g/mol. The molecule has 1 fully saturated rings. The number of rotatable bonds is 7. The molecule has 0 aliphatic carbocycles. The molecule has 100 valence electrons. The number of methoxy groups -OCH3 is 1. The standard InChI is InChI=1S/C13H26N2O2/c1-3-6-13(7-4-8-14-11-13)12(16)15-9-5-10-17-2/h14H,3-11H2,1-2H3,(H,15,16). The Bertz CT molecular complexity index is 220. The highest BCUT2D eigenvalue weighted by Gasteiger charge is 2.38. The molecule has 0 bridgehead atoms. The lowest BCUT2D eigenvalue weighted by Crippen LogP contribution is -2.50. The Kier molecular flexibility index (Phi) is 6.52. The van der Waals surface area contributed by atoms with Gasteiger partial charge < -0.3 is 15.4 Å². The Hall–Kier alpha value is -0.610. The molecule has 1 aliphatic rings. The zero-order valence-electron chi connectivity index (χ0n) is 11.2. The van der Waals surface area contributed by atoms with Crippen LogP contribution in [0, 0.1) is 5.41 Å². The van der Waals surface area contributed by atoms with Crippen molar-refractivity contribution >= 4 is 5.91 Å². The van der Waals surface area contributed by atoms with Crippen molar-refractivity contribution in [3.8, 4) is 0 Å². The summed E-state index contributed by atoms with van der Waals surface area (Å²) in [5.41, 5.74) is -0.167. The highest BCUT2D eigenvalue weighted by molar-refractivity contribution is 5.83. The first-order valence-electron chi connectivity index (χ1n) is 6.73. The molecule has 1 aliphatic heterocycles. The van der Waals surface area contributed by atoms with E-state index >= 15 is 0 Å². The van der Waals surface area contributed by atoms with Gasteiger partial charge in [0.2, 0.25) is 5.91 Å². The Morgan fingerprint density at radius 3 is 2.94 bits per heavy atom. The van der Waals surface area contributed by atoms with E-state index in [0.29, 0.717) is 6.61 Å². The van der Waals surface area contributed by atoms with Gasteiger partial charge in [0.1, 0.15) is 0 Å². The van der Waals surface area contributed by atoms with Crippen LogP contribution in [0.3, 0.4) is 0 Å². The minimum absolute atomic E-state index is 0.167. The summed E-state index contributed by atoms with van der Waals surface area (Å²) in [4.78, 5) is 12.3. The van der Waals surface area contributed by atoms with E-state index in [1.807, 2.05) is 0 Å². The molecule has 0 aromatic heterocycles. The topological polar surface area (TPSA) is 50.4 Å². The first-order chi connectivity index (χ1) is 8.25. The molecule has 1 amide bonds. The Morgan fingerprint density at radius 2 is 2.35 bits per heavy atom. The minimum Gasteiger partial charge on any atom is -0.385 e. The highest BCUT2D eigenvalue weighted by atomic mass is 16.5. The van der Waals surface area contributed by atoms with Gasteiger partial charge in [-0.15, -0.1) is 0 Å². The normalized spacial score (nSPS) is 24.6. The number of carbonyl (C=O) groups excluding carboxylic acids is 1. The monoisotopic (exact) mass is 242 g/mol. The maximum absolute atomic E-state index is 12.3. The van der Waals surface area contributed by atoms with Crippen molar-refractivity contribution in [1.82, 2.24) is 10.6 Å². The predicted molar refractivity (Wildman–Crippen MR) is 68.9 cm³/mol. The predicted octanol–water partition coefficient (Wildman–Crippen LogP) is 1.31. The Labute approximate surface area is 104 Å². The van der Waals surface area contributed by atoms with Crippen molar-refractivity contribution < 1.29 is 9.53 Å². The SMILES string of the molecule is CCCC1(C(=O)NCCCOC)CCCNC1. The van der Waals surface area contributed by atoms with Gasteiger partial charge in [-0.05, 0) is 32.2 Å². The van der Waals surface area contributed by atoms with E-state index in [2.05, 4.69) is 17.6 Å². The third-order valence-electron chi connectivity index (χ3n) is 3.49. The lowest BCUT2D eigenvalue weighted by molar-refractivity contribution is -0.132. The molecular weight excluding hydrogens is 216 g/mol. The van der Waals surface area contributed by atoms with Gasteiger partial charge in [0.05, 0.1) is 5.41 Å². The fraction of sp³-hybridized carbons (Fsp3) is 0.923. The molecule has 2 N–H and O–H groups in total. The van der Waals surface area contributed by atoms with Crippen molar-refractivity contribution in [1.29, 1.82) is 0 Å². The minimum atomic E-state index is -0.167. The van der Waals surface area contributed by atoms with Crippen molar-refractivity contribution in [3.05, 3.63) is 0 Å². The van der Waals surface area contributed by atoms with Crippen LogP contribution in [0.15, 0.2) is 0 Å². The fourth-order valence-electron chi connectivity index (χ4n) is 2.57. The maximum atomic E-state index is 12.3. The largest absolute Gasteiger partial charge is 0.385 e. The van der Waals surface area contributed by atoms with Crippen molar-refractivity contribution in [2.24, 2.45) is 5.41 Å². The summed E-state index contributed by atoms with van der Waals surface area (Å²) in [6.07, 6.45) is 5.05. The second kappa shape index (κ2) is 7.67. The molecule has 1 heterocycles. The van der Waals surface area contributed by atoms with E-state index in [1.54, 1.807) is 7.11 Å². The number of nitrogens with one attached hydrogen (secondary N) is 2. The van der Waals surface area contributed by atoms with Crippen LogP contribution in [-0.4, -0.2) is 39.3 Å². The third-order valence-corrected chi connectivity index (χ3v) is 3.49. The van der Waals surface area contributed by atoms with Crippen LogP contribution in [0.1, 0.15) is 39.0 Å². The van der Waals surface area contributed by atoms with Crippen LogP contribution in [0.25, 0.3) is 0 Å². The molecule has 0 aromatic carbocycles. The second-order valence-corrected chi connectivity index (χ2v) is 4.91. The third kappa shape index (κ3) is 4.28. The summed E-state index contributed by atoms with van der Waals surface area (Å²) in [5.74, 6) is 0.225. The average Bonchev–Trinajstić information content (AvgIpc) is 2.36. The van der Waals surface area contributed by atoms with Gasteiger partial charge in [-0.25, -0.2) is 0 Å². The fourth-order valence-corrected chi connectivity index (χ4v) is 2.57.